The summed E-state index contributed by atoms with van der Waals surface area (Å²) in [6, 6.07) is 8.38. The summed E-state index contributed by atoms with van der Waals surface area (Å²) in [5, 5.41) is 3.19. The van der Waals surface area contributed by atoms with Gasteiger partial charge in [-0.3, -0.25) is 0 Å². The maximum atomic E-state index is 5.94. The third kappa shape index (κ3) is 6.19. The third-order valence-corrected chi connectivity index (χ3v) is 3.11. The molecule has 0 aliphatic heterocycles. The predicted molar refractivity (Wildman–Crippen MR) is 79.5 cm³/mol. The Morgan fingerprint density at radius 1 is 1.16 bits per heavy atom. The first kappa shape index (κ1) is 16.2. The van der Waals surface area contributed by atoms with E-state index in [2.05, 4.69) is 43.4 Å². The zero-order valence-corrected chi connectivity index (χ0v) is 12.4. The number of ether oxygens (including phenoxy) is 2. The summed E-state index contributed by atoms with van der Waals surface area (Å²) >= 11 is 0. The van der Waals surface area contributed by atoms with Gasteiger partial charge in [0.15, 0.2) is 0 Å². The molecule has 0 saturated heterocycles. The Bertz CT molecular complexity index is 341. The molecule has 0 spiro atoms. The molecular weight excluding hydrogens is 238 g/mol. The zero-order valence-electron chi connectivity index (χ0n) is 12.4. The maximum absolute atomic E-state index is 5.94. The molecule has 0 aromatic heterocycles. The van der Waals surface area contributed by atoms with E-state index in [-0.39, 0.29) is 6.10 Å². The SMILES string of the molecule is CCCCOCCOC(CNC)c1ccccc1C. The lowest BCUT2D eigenvalue weighted by molar-refractivity contribution is 0.00406. The third-order valence-electron chi connectivity index (χ3n) is 3.11. The molecule has 0 fully saturated rings. The second-order valence-corrected chi connectivity index (χ2v) is 4.74. The molecule has 0 saturated carbocycles. The molecule has 0 aliphatic rings. The van der Waals surface area contributed by atoms with E-state index in [1.807, 2.05) is 7.05 Å². The van der Waals surface area contributed by atoms with E-state index in [4.69, 9.17) is 9.47 Å². The van der Waals surface area contributed by atoms with Crippen LogP contribution >= 0.6 is 0 Å². The minimum absolute atomic E-state index is 0.0981. The Labute approximate surface area is 117 Å². The van der Waals surface area contributed by atoms with E-state index in [0.29, 0.717) is 13.2 Å². The monoisotopic (exact) mass is 265 g/mol. The second-order valence-electron chi connectivity index (χ2n) is 4.74. The highest BCUT2D eigenvalue weighted by atomic mass is 16.5. The Morgan fingerprint density at radius 3 is 2.63 bits per heavy atom. The fourth-order valence-electron chi connectivity index (χ4n) is 1.99. The van der Waals surface area contributed by atoms with Crippen molar-refractivity contribution in [3.8, 4) is 0 Å². The quantitative estimate of drug-likeness (QED) is 0.659. The van der Waals surface area contributed by atoms with E-state index in [1.54, 1.807) is 0 Å². The first-order valence-corrected chi connectivity index (χ1v) is 7.19. The molecule has 1 rings (SSSR count). The number of unbranched alkanes of at least 4 members (excludes halogenated alkanes) is 1. The van der Waals surface area contributed by atoms with Crippen molar-refractivity contribution in [1.82, 2.24) is 5.32 Å². The number of nitrogens with one attached hydrogen (secondary N) is 1. The van der Waals surface area contributed by atoms with Crippen molar-refractivity contribution in [1.29, 1.82) is 0 Å². The molecular formula is C16H27NO2. The molecule has 0 heterocycles. The van der Waals surface area contributed by atoms with Gasteiger partial charge in [0.05, 0.1) is 19.3 Å². The molecule has 0 bridgehead atoms. The van der Waals surface area contributed by atoms with Crippen LogP contribution in [0.5, 0.6) is 0 Å². The van der Waals surface area contributed by atoms with Crippen molar-refractivity contribution in [2.75, 3.05) is 33.4 Å². The molecule has 3 nitrogen and oxygen atoms in total. The highest BCUT2D eigenvalue weighted by Gasteiger charge is 2.12. The van der Waals surface area contributed by atoms with Crippen molar-refractivity contribution in [3.63, 3.8) is 0 Å². The van der Waals surface area contributed by atoms with Gasteiger partial charge in [-0.1, -0.05) is 37.6 Å². The van der Waals surface area contributed by atoms with Gasteiger partial charge in [-0.15, -0.1) is 0 Å². The van der Waals surface area contributed by atoms with Gasteiger partial charge >= 0.3 is 0 Å². The van der Waals surface area contributed by atoms with Gasteiger partial charge < -0.3 is 14.8 Å². The van der Waals surface area contributed by atoms with E-state index >= 15 is 0 Å². The topological polar surface area (TPSA) is 30.5 Å². The zero-order chi connectivity index (χ0) is 13.9. The lowest BCUT2D eigenvalue weighted by Crippen LogP contribution is -2.22. The fraction of sp³-hybridized carbons (Fsp3) is 0.625. The van der Waals surface area contributed by atoms with Gasteiger partial charge in [-0.2, -0.15) is 0 Å². The van der Waals surface area contributed by atoms with E-state index in [1.165, 1.54) is 17.5 Å². The Hall–Kier alpha value is -0.900. The van der Waals surface area contributed by atoms with Crippen LogP contribution in [0.1, 0.15) is 37.0 Å². The van der Waals surface area contributed by atoms with Crippen LogP contribution in [0.2, 0.25) is 0 Å². The lowest BCUT2D eigenvalue weighted by Gasteiger charge is -2.20. The lowest BCUT2D eigenvalue weighted by atomic mass is 10.0. The number of aryl methyl sites for hydroxylation is 1. The van der Waals surface area contributed by atoms with Gasteiger partial charge in [0.1, 0.15) is 0 Å². The van der Waals surface area contributed by atoms with Gasteiger partial charge in [0, 0.05) is 13.2 Å². The standard InChI is InChI=1S/C16H27NO2/c1-4-5-10-18-11-12-19-16(13-17-3)15-9-7-6-8-14(15)2/h6-9,16-17H,4-5,10-13H2,1-3H3. The van der Waals surface area contributed by atoms with Crippen LogP contribution in [-0.2, 0) is 9.47 Å². The average Bonchev–Trinajstić information content (AvgIpc) is 2.42. The number of rotatable bonds is 10. The van der Waals surface area contributed by atoms with Crippen molar-refractivity contribution in [2.45, 2.75) is 32.8 Å². The van der Waals surface area contributed by atoms with E-state index in [0.717, 1.165) is 19.6 Å². The summed E-state index contributed by atoms with van der Waals surface area (Å²) in [6.45, 7) is 7.26. The molecule has 19 heavy (non-hydrogen) atoms. The minimum Gasteiger partial charge on any atom is -0.379 e. The van der Waals surface area contributed by atoms with Crippen LogP contribution in [0.15, 0.2) is 24.3 Å². The van der Waals surface area contributed by atoms with Gasteiger partial charge in [0.2, 0.25) is 0 Å². The van der Waals surface area contributed by atoms with E-state index in [9.17, 15) is 0 Å². The number of hydrogen-bond donors (Lipinski definition) is 1. The first-order valence-electron chi connectivity index (χ1n) is 7.19. The number of hydrogen-bond acceptors (Lipinski definition) is 3. The summed E-state index contributed by atoms with van der Waals surface area (Å²) in [7, 11) is 1.95. The molecule has 108 valence electrons. The first-order chi connectivity index (χ1) is 9.29. The molecule has 0 aliphatic carbocycles. The molecule has 1 unspecified atom stereocenters. The average molecular weight is 265 g/mol. The minimum atomic E-state index is 0.0981. The molecule has 1 aromatic carbocycles. The molecule has 0 radical (unpaired) electrons. The summed E-state index contributed by atoms with van der Waals surface area (Å²) in [5.74, 6) is 0. The summed E-state index contributed by atoms with van der Waals surface area (Å²) < 4.78 is 11.5. The Balaban J connectivity index is 2.39. The number of benzene rings is 1. The van der Waals surface area contributed by atoms with Crippen LogP contribution in [0, 0.1) is 6.92 Å². The molecule has 0 amide bonds. The van der Waals surface area contributed by atoms with Gasteiger partial charge in [0.25, 0.3) is 0 Å². The Kier molecular flexibility index (Phi) is 8.47. The highest BCUT2D eigenvalue weighted by Crippen LogP contribution is 2.20. The van der Waals surface area contributed by atoms with Crippen molar-refractivity contribution in [3.05, 3.63) is 35.4 Å². The van der Waals surface area contributed by atoms with Crippen LogP contribution in [0.3, 0.4) is 0 Å². The maximum Gasteiger partial charge on any atom is 0.0952 e. The van der Waals surface area contributed by atoms with Gasteiger partial charge in [-0.25, -0.2) is 0 Å². The number of likely N-dealkylation sites (N-methyl/N-ethyl adjacent to an activating group) is 1. The fourth-order valence-corrected chi connectivity index (χ4v) is 1.99. The Morgan fingerprint density at radius 2 is 1.95 bits per heavy atom. The molecule has 1 atom stereocenters. The van der Waals surface area contributed by atoms with Gasteiger partial charge in [-0.05, 0) is 31.5 Å². The highest BCUT2D eigenvalue weighted by molar-refractivity contribution is 5.28. The largest absolute Gasteiger partial charge is 0.379 e. The molecule has 1 aromatic rings. The van der Waals surface area contributed by atoms with Crippen LogP contribution < -0.4 is 5.32 Å². The smallest absolute Gasteiger partial charge is 0.0952 e. The van der Waals surface area contributed by atoms with Crippen molar-refractivity contribution < 1.29 is 9.47 Å². The van der Waals surface area contributed by atoms with Crippen LogP contribution in [0.25, 0.3) is 0 Å². The van der Waals surface area contributed by atoms with Crippen LogP contribution in [0.4, 0.5) is 0 Å². The van der Waals surface area contributed by atoms with E-state index < -0.39 is 0 Å². The van der Waals surface area contributed by atoms with Crippen molar-refractivity contribution >= 4 is 0 Å². The summed E-state index contributed by atoms with van der Waals surface area (Å²) in [6.07, 6.45) is 2.39. The summed E-state index contributed by atoms with van der Waals surface area (Å²) in [5.41, 5.74) is 2.53. The van der Waals surface area contributed by atoms with Crippen LogP contribution in [-0.4, -0.2) is 33.4 Å². The van der Waals surface area contributed by atoms with Crippen molar-refractivity contribution in [2.24, 2.45) is 0 Å². The summed E-state index contributed by atoms with van der Waals surface area (Å²) in [4.78, 5) is 0. The predicted octanol–water partition coefficient (Wildman–Crippen LogP) is 3.09. The molecule has 1 N–H and O–H groups in total. The normalized spacial score (nSPS) is 12.6. The second kappa shape index (κ2) is 9.96. The molecule has 3 heteroatoms.